The van der Waals surface area contributed by atoms with Crippen LogP contribution in [0.5, 0.6) is 0 Å². The third-order valence-corrected chi connectivity index (χ3v) is 4.87. The zero-order valence-electron chi connectivity index (χ0n) is 15.1. The number of nitrogens with zero attached hydrogens (tertiary/aromatic N) is 1. The molecule has 7 heteroatoms. The maximum absolute atomic E-state index is 13.1. The standard InChI is InChI=1S/C21H16BrNO5/c1-12-18(21(27)28-2)17(11-13-3-5-14(6-4-13)20(25)26)19(24)23(12)16-9-7-15(22)8-10-16/h3-11H,1-2H3,(H,25,26). The Morgan fingerprint density at radius 1 is 1.07 bits per heavy atom. The van der Waals surface area contributed by atoms with Crippen LogP contribution in [-0.2, 0) is 14.3 Å². The van der Waals surface area contributed by atoms with Crippen LogP contribution in [0.3, 0.4) is 0 Å². The number of carbonyl (C=O) groups is 3. The van der Waals surface area contributed by atoms with E-state index < -0.39 is 11.9 Å². The highest BCUT2D eigenvalue weighted by Gasteiger charge is 2.37. The predicted octanol–water partition coefficient (Wildman–Crippen LogP) is 4.02. The Morgan fingerprint density at radius 3 is 2.21 bits per heavy atom. The van der Waals surface area contributed by atoms with E-state index in [2.05, 4.69) is 15.9 Å². The summed E-state index contributed by atoms with van der Waals surface area (Å²) in [4.78, 5) is 37.9. The first kappa shape index (κ1) is 19.6. The van der Waals surface area contributed by atoms with E-state index in [9.17, 15) is 14.4 Å². The summed E-state index contributed by atoms with van der Waals surface area (Å²) >= 11 is 3.36. The van der Waals surface area contributed by atoms with Crippen molar-refractivity contribution in [2.45, 2.75) is 6.92 Å². The summed E-state index contributed by atoms with van der Waals surface area (Å²) in [6, 6.07) is 13.2. The van der Waals surface area contributed by atoms with Crippen LogP contribution < -0.4 is 4.90 Å². The Kier molecular flexibility index (Phi) is 5.46. The molecule has 1 N–H and O–H groups in total. The summed E-state index contributed by atoms with van der Waals surface area (Å²) in [5.74, 6) is -2.01. The number of hydrogen-bond donors (Lipinski definition) is 1. The molecule has 0 atom stereocenters. The Morgan fingerprint density at radius 2 is 1.68 bits per heavy atom. The topological polar surface area (TPSA) is 83.9 Å². The Balaban J connectivity index is 2.08. The molecule has 0 aliphatic carbocycles. The lowest BCUT2D eigenvalue weighted by Gasteiger charge is -2.18. The van der Waals surface area contributed by atoms with Crippen LogP contribution in [0, 0.1) is 0 Å². The predicted molar refractivity (Wildman–Crippen MR) is 108 cm³/mol. The molecule has 1 aliphatic heterocycles. The average molecular weight is 442 g/mol. The van der Waals surface area contributed by atoms with E-state index in [-0.39, 0.29) is 22.6 Å². The van der Waals surface area contributed by atoms with Crippen molar-refractivity contribution in [2.24, 2.45) is 0 Å². The lowest BCUT2D eigenvalue weighted by atomic mass is 10.0. The van der Waals surface area contributed by atoms with E-state index in [1.807, 2.05) is 0 Å². The molecule has 0 aromatic heterocycles. The Hall–Kier alpha value is -3.19. The van der Waals surface area contributed by atoms with Gasteiger partial charge in [0.15, 0.2) is 0 Å². The van der Waals surface area contributed by atoms with Crippen molar-refractivity contribution in [3.63, 3.8) is 0 Å². The van der Waals surface area contributed by atoms with Crippen LogP contribution in [0.25, 0.3) is 6.08 Å². The molecule has 0 saturated carbocycles. The quantitative estimate of drug-likeness (QED) is 0.571. The van der Waals surface area contributed by atoms with Gasteiger partial charge in [0.1, 0.15) is 0 Å². The highest BCUT2D eigenvalue weighted by atomic mass is 79.9. The molecule has 0 bridgehead atoms. The van der Waals surface area contributed by atoms with Crippen LogP contribution in [-0.4, -0.2) is 30.1 Å². The molecule has 0 spiro atoms. The molecular weight excluding hydrogens is 426 g/mol. The fourth-order valence-electron chi connectivity index (χ4n) is 2.97. The maximum atomic E-state index is 13.1. The van der Waals surface area contributed by atoms with Gasteiger partial charge in [-0.3, -0.25) is 9.69 Å². The maximum Gasteiger partial charge on any atom is 0.340 e. The Labute approximate surface area is 169 Å². The van der Waals surface area contributed by atoms with Gasteiger partial charge in [0.05, 0.1) is 23.8 Å². The number of ether oxygens (including phenoxy) is 1. The number of halogens is 1. The van der Waals surface area contributed by atoms with Crippen molar-refractivity contribution in [3.05, 3.63) is 81.0 Å². The number of allylic oxidation sites excluding steroid dienone is 1. The summed E-state index contributed by atoms with van der Waals surface area (Å²) in [7, 11) is 1.26. The second-order valence-corrected chi connectivity index (χ2v) is 6.97. The lowest BCUT2D eigenvalue weighted by molar-refractivity contribution is -0.136. The van der Waals surface area contributed by atoms with E-state index in [1.165, 1.54) is 24.1 Å². The van der Waals surface area contributed by atoms with Crippen molar-refractivity contribution in [1.82, 2.24) is 0 Å². The number of aromatic carboxylic acids is 1. The lowest BCUT2D eigenvalue weighted by Crippen LogP contribution is -2.24. The molecule has 0 saturated heterocycles. The first-order chi connectivity index (χ1) is 13.3. The number of benzene rings is 2. The van der Waals surface area contributed by atoms with Crippen molar-refractivity contribution < 1.29 is 24.2 Å². The van der Waals surface area contributed by atoms with Gasteiger partial charge in [-0.15, -0.1) is 0 Å². The van der Waals surface area contributed by atoms with E-state index >= 15 is 0 Å². The van der Waals surface area contributed by atoms with Gasteiger partial charge in [-0.25, -0.2) is 9.59 Å². The number of methoxy groups -OCH3 is 1. The summed E-state index contributed by atoms with van der Waals surface area (Å²) in [6.45, 7) is 1.68. The second kappa shape index (κ2) is 7.82. The van der Waals surface area contributed by atoms with Gasteiger partial charge in [0, 0.05) is 15.9 Å². The van der Waals surface area contributed by atoms with Crippen molar-refractivity contribution >= 4 is 45.5 Å². The highest BCUT2D eigenvalue weighted by molar-refractivity contribution is 9.10. The van der Waals surface area contributed by atoms with E-state index in [0.29, 0.717) is 16.9 Å². The zero-order chi connectivity index (χ0) is 20.4. The largest absolute Gasteiger partial charge is 0.478 e. The molecular formula is C21H16BrNO5. The zero-order valence-corrected chi connectivity index (χ0v) is 16.7. The third kappa shape index (κ3) is 3.61. The van der Waals surface area contributed by atoms with Crippen molar-refractivity contribution in [3.8, 4) is 0 Å². The summed E-state index contributed by atoms with van der Waals surface area (Å²) in [6.07, 6.45) is 1.56. The minimum atomic E-state index is -1.04. The molecule has 0 fully saturated rings. The fraction of sp³-hybridized carbons (Fsp3) is 0.0952. The molecule has 3 rings (SSSR count). The number of carboxylic acid groups (broad SMARTS) is 1. The molecule has 0 radical (unpaired) electrons. The second-order valence-electron chi connectivity index (χ2n) is 6.05. The van der Waals surface area contributed by atoms with Crippen LogP contribution in [0.1, 0.15) is 22.8 Å². The van der Waals surface area contributed by atoms with Gasteiger partial charge in [-0.2, -0.15) is 0 Å². The SMILES string of the molecule is COC(=O)C1=C(C)N(c2ccc(Br)cc2)C(=O)C1=Cc1ccc(C(=O)O)cc1. The van der Waals surface area contributed by atoms with Crippen LogP contribution in [0.2, 0.25) is 0 Å². The molecule has 6 nitrogen and oxygen atoms in total. The number of carbonyl (C=O) groups excluding carboxylic acids is 2. The molecule has 2 aromatic carbocycles. The normalized spacial score (nSPS) is 15.3. The number of hydrogen-bond acceptors (Lipinski definition) is 4. The van der Waals surface area contributed by atoms with Crippen molar-refractivity contribution in [2.75, 3.05) is 12.0 Å². The summed E-state index contributed by atoms with van der Waals surface area (Å²) in [5.41, 5.74) is 2.19. The van der Waals surface area contributed by atoms with Gasteiger partial charge in [0.2, 0.25) is 0 Å². The molecule has 2 aromatic rings. The van der Waals surface area contributed by atoms with Crippen LogP contribution in [0.15, 0.2) is 69.8 Å². The molecule has 28 heavy (non-hydrogen) atoms. The van der Waals surface area contributed by atoms with E-state index in [0.717, 1.165) is 4.47 Å². The smallest absolute Gasteiger partial charge is 0.340 e. The van der Waals surface area contributed by atoms with Crippen LogP contribution >= 0.6 is 15.9 Å². The van der Waals surface area contributed by atoms with Crippen molar-refractivity contribution in [1.29, 1.82) is 0 Å². The first-order valence-electron chi connectivity index (χ1n) is 8.28. The third-order valence-electron chi connectivity index (χ3n) is 4.34. The average Bonchev–Trinajstić information content (AvgIpc) is 2.92. The van der Waals surface area contributed by atoms with Crippen LogP contribution in [0.4, 0.5) is 5.69 Å². The summed E-state index contributed by atoms with van der Waals surface area (Å²) < 4.78 is 5.74. The monoisotopic (exact) mass is 441 g/mol. The minimum absolute atomic E-state index is 0.135. The molecule has 1 amide bonds. The van der Waals surface area contributed by atoms with Gasteiger partial charge in [-0.05, 0) is 55.0 Å². The number of carboxylic acids is 1. The highest BCUT2D eigenvalue weighted by Crippen LogP contribution is 2.35. The minimum Gasteiger partial charge on any atom is -0.478 e. The number of esters is 1. The van der Waals surface area contributed by atoms with E-state index in [4.69, 9.17) is 9.84 Å². The molecule has 1 aliphatic rings. The number of anilines is 1. The fourth-order valence-corrected chi connectivity index (χ4v) is 3.23. The molecule has 1 heterocycles. The Bertz CT molecular complexity index is 1020. The molecule has 0 unspecified atom stereocenters. The van der Waals surface area contributed by atoms with Gasteiger partial charge < -0.3 is 9.84 Å². The first-order valence-corrected chi connectivity index (χ1v) is 9.07. The number of rotatable bonds is 4. The molecule has 142 valence electrons. The van der Waals surface area contributed by atoms with Gasteiger partial charge in [-0.1, -0.05) is 28.1 Å². The van der Waals surface area contributed by atoms with Gasteiger partial charge in [0.25, 0.3) is 5.91 Å². The van der Waals surface area contributed by atoms with Gasteiger partial charge >= 0.3 is 11.9 Å². The van der Waals surface area contributed by atoms with E-state index in [1.54, 1.807) is 49.4 Å². The summed E-state index contributed by atoms with van der Waals surface area (Å²) in [5, 5.41) is 9.02. The number of amides is 1.